The summed E-state index contributed by atoms with van der Waals surface area (Å²) in [6.45, 7) is 4.46. The molecule has 0 N–H and O–H groups in total. The van der Waals surface area contributed by atoms with Crippen molar-refractivity contribution in [3.8, 4) is 0 Å². The van der Waals surface area contributed by atoms with Crippen molar-refractivity contribution in [3.05, 3.63) is 59.7 Å². The highest BCUT2D eigenvalue weighted by molar-refractivity contribution is 7.99. The van der Waals surface area contributed by atoms with Crippen LogP contribution in [0.3, 0.4) is 0 Å². The Labute approximate surface area is 183 Å². The lowest BCUT2D eigenvalue weighted by Crippen LogP contribution is -2.03. The Morgan fingerprint density at radius 2 is 1.28 bits per heavy atom. The number of carbonyl (C=O) groups is 2. The van der Waals surface area contributed by atoms with E-state index in [9.17, 15) is 9.59 Å². The van der Waals surface area contributed by atoms with Crippen LogP contribution in [0.15, 0.2) is 58.3 Å². The fourth-order valence-electron chi connectivity index (χ4n) is 2.75. The molecule has 0 bridgehead atoms. The summed E-state index contributed by atoms with van der Waals surface area (Å²) in [7, 11) is 0. The van der Waals surface area contributed by atoms with E-state index in [-0.39, 0.29) is 11.8 Å². The molecule has 0 saturated heterocycles. The number of thioether (sulfide) groups is 2. The molecule has 0 aliphatic rings. The SMILES string of the molecule is CCCCCSc1ccc(C(=O)c2ccc(SCCCC(=O)OCC)cc2)cc1. The summed E-state index contributed by atoms with van der Waals surface area (Å²) in [4.78, 5) is 26.4. The molecule has 3 nitrogen and oxygen atoms in total. The van der Waals surface area contributed by atoms with Gasteiger partial charge in [0, 0.05) is 27.3 Å². The predicted molar refractivity (Wildman–Crippen MR) is 123 cm³/mol. The lowest BCUT2D eigenvalue weighted by molar-refractivity contribution is -0.143. The fraction of sp³-hybridized carbons (Fsp3) is 0.417. The lowest BCUT2D eigenvalue weighted by atomic mass is 10.0. The van der Waals surface area contributed by atoms with E-state index in [0.29, 0.717) is 18.6 Å². The number of ketones is 1. The van der Waals surface area contributed by atoms with Gasteiger partial charge in [-0.2, -0.15) is 0 Å². The second-order valence-electron chi connectivity index (χ2n) is 6.69. The monoisotopic (exact) mass is 430 g/mol. The Balaban J connectivity index is 1.81. The molecule has 5 heteroatoms. The third kappa shape index (κ3) is 8.67. The molecule has 2 rings (SSSR count). The Bertz CT molecular complexity index is 755. The first-order valence-electron chi connectivity index (χ1n) is 10.3. The third-order valence-electron chi connectivity index (χ3n) is 4.35. The zero-order valence-corrected chi connectivity index (χ0v) is 18.9. The van der Waals surface area contributed by atoms with E-state index < -0.39 is 0 Å². The minimum absolute atomic E-state index is 0.0476. The first-order chi connectivity index (χ1) is 14.1. The summed E-state index contributed by atoms with van der Waals surface area (Å²) in [6, 6.07) is 15.6. The molecule has 0 amide bonds. The van der Waals surface area contributed by atoms with Crippen molar-refractivity contribution in [2.75, 3.05) is 18.1 Å². The molecule has 0 heterocycles. The normalized spacial score (nSPS) is 10.7. The van der Waals surface area contributed by atoms with Gasteiger partial charge in [-0.3, -0.25) is 9.59 Å². The van der Waals surface area contributed by atoms with Crippen molar-refractivity contribution >= 4 is 35.3 Å². The zero-order chi connectivity index (χ0) is 20.9. The quantitative estimate of drug-likeness (QED) is 0.154. The smallest absolute Gasteiger partial charge is 0.305 e. The van der Waals surface area contributed by atoms with E-state index in [2.05, 4.69) is 6.92 Å². The van der Waals surface area contributed by atoms with Gasteiger partial charge in [0.2, 0.25) is 0 Å². The van der Waals surface area contributed by atoms with Crippen molar-refractivity contribution in [2.45, 2.75) is 55.7 Å². The van der Waals surface area contributed by atoms with E-state index in [0.717, 1.165) is 28.4 Å². The highest BCUT2D eigenvalue weighted by Gasteiger charge is 2.09. The van der Waals surface area contributed by atoms with Gasteiger partial charge in [-0.25, -0.2) is 0 Å². The van der Waals surface area contributed by atoms with E-state index in [4.69, 9.17) is 4.74 Å². The van der Waals surface area contributed by atoms with Crippen LogP contribution in [-0.4, -0.2) is 29.9 Å². The van der Waals surface area contributed by atoms with E-state index in [1.165, 1.54) is 24.2 Å². The number of ether oxygens (including phenoxy) is 1. The lowest BCUT2D eigenvalue weighted by Gasteiger charge is -2.06. The number of benzene rings is 2. The zero-order valence-electron chi connectivity index (χ0n) is 17.3. The van der Waals surface area contributed by atoms with Crippen LogP contribution in [0.1, 0.15) is 61.9 Å². The van der Waals surface area contributed by atoms with Gasteiger partial charge in [0.1, 0.15) is 0 Å². The molecule has 2 aromatic rings. The van der Waals surface area contributed by atoms with Gasteiger partial charge < -0.3 is 4.74 Å². The van der Waals surface area contributed by atoms with Crippen LogP contribution < -0.4 is 0 Å². The molecule has 0 radical (unpaired) electrons. The van der Waals surface area contributed by atoms with Crippen LogP contribution in [0.2, 0.25) is 0 Å². The highest BCUT2D eigenvalue weighted by Crippen LogP contribution is 2.23. The van der Waals surface area contributed by atoms with Crippen LogP contribution in [0, 0.1) is 0 Å². The number of esters is 1. The molecule has 0 aromatic heterocycles. The van der Waals surface area contributed by atoms with Crippen molar-refractivity contribution in [2.24, 2.45) is 0 Å². The molecule has 0 aliphatic heterocycles. The van der Waals surface area contributed by atoms with E-state index in [1.807, 2.05) is 67.2 Å². The standard InChI is InChI=1S/C24H30O3S2/c1-3-5-6-17-28-21-13-9-19(10-14-21)24(26)20-11-15-22(16-12-20)29-18-7-8-23(25)27-4-2/h9-16H,3-8,17-18H2,1-2H3. The number of unbranched alkanes of at least 4 members (excludes halogenated alkanes) is 2. The summed E-state index contributed by atoms with van der Waals surface area (Å²) in [5, 5.41) is 0. The third-order valence-corrected chi connectivity index (χ3v) is 6.55. The molecule has 0 atom stereocenters. The molecule has 29 heavy (non-hydrogen) atoms. The van der Waals surface area contributed by atoms with Crippen LogP contribution in [0.5, 0.6) is 0 Å². The van der Waals surface area contributed by atoms with Crippen LogP contribution in [-0.2, 0) is 9.53 Å². The van der Waals surface area contributed by atoms with Gasteiger partial charge in [0.05, 0.1) is 6.61 Å². The summed E-state index contributed by atoms with van der Waals surface area (Å²) < 4.78 is 4.93. The van der Waals surface area contributed by atoms with Gasteiger partial charge in [-0.1, -0.05) is 19.8 Å². The van der Waals surface area contributed by atoms with Crippen molar-refractivity contribution in [1.29, 1.82) is 0 Å². The van der Waals surface area contributed by atoms with Gasteiger partial charge in [0.25, 0.3) is 0 Å². The number of hydrogen-bond acceptors (Lipinski definition) is 5. The maximum atomic E-state index is 12.7. The highest BCUT2D eigenvalue weighted by atomic mass is 32.2. The van der Waals surface area contributed by atoms with Crippen LogP contribution >= 0.6 is 23.5 Å². The van der Waals surface area contributed by atoms with Crippen LogP contribution in [0.25, 0.3) is 0 Å². The summed E-state index contributed by atoms with van der Waals surface area (Å²) >= 11 is 3.54. The van der Waals surface area contributed by atoms with Gasteiger partial charge in [0.15, 0.2) is 5.78 Å². The summed E-state index contributed by atoms with van der Waals surface area (Å²) in [6.07, 6.45) is 4.97. The first-order valence-corrected chi connectivity index (χ1v) is 12.3. The maximum Gasteiger partial charge on any atom is 0.305 e. The first kappa shape index (κ1) is 23.6. The van der Waals surface area contributed by atoms with E-state index >= 15 is 0 Å². The average molecular weight is 431 g/mol. The van der Waals surface area contributed by atoms with Crippen molar-refractivity contribution in [1.82, 2.24) is 0 Å². The molecule has 0 spiro atoms. The minimum Gasteiger partial charge on any atom is -0.466 e. The number of rotatable bonds is 13. The Morgan fingerprint density at radius 3 is 1.76 bits per heavy atom. The molecule has 0 aliphatic carbocycles. The topological polar surface area (TPSA) is 43.4 Å². The summed E-state index contributed by atoms with van der Waals surface area (Å²) in [5.41, 5.74) is 1.42. The van der Waals surface area contributed by atoms with Gasteiger partial charge in [-0.15, -0.1) is 23.5 Å². The number of carbonyl (C=O) groups excluding carboxylic acids is 2. The van der Waals surface area contributed by atoms with Gasteiger partial charge >= 0.3 is 5.97 Å². The minimum atomic E-state index is -0.139. The molecular weight excluding hydrogens is 400 g/mol. The largest absolute Gasteiger partial charge is 0.466 e. The summed E-state index contributed by atoms with van der Waals surface area (Å²) in [5.74, 6) is 1.88. The number of hydrogen-bond donors (Lipinski definition) is 0. The molecule has 2 aromatic carbocycles. The Hall–Kier alpha value is -1.72. The average Bonchev–Trinajstić information content (AvgIpc) is 2.75. The Kier molecular flexibility index (Phi) is 11.0. The van der Waals surface area contributed by atoms with Gasteiger partial charge in [-0.05, 0) is 79.8 Å². The maximum absolute atomic E-state index is 12.7. The second kappa shape index (κ2) is 13.5. The molecular formula is C24H30O3S2. The van der Waals surface area contributed by atoms with Crippen LogP contribution in [0.4, 0.5) is 0 Å². The Morgan fingerprint density at radius 1 is 0.759 bits per heavy atom. The molecule has 0 unspecified atom stereocenters. The van der Waals surface area contributed by atoms with E-state index in [1.54, 1.807) is 11.8 Å². The van der Waals surface area contributed by atoms with Crippen molar-refractivity contribution < 1.29 is 14.3 Å². The molecule has 156 valence electrons. The predicted octanol–water partition coefficient (Wildman–Crippen LogP) is 6.64. The molecule has 0 saturated carbocycles. The van der Waals surface area contributed by atoms with Crippen molar-refractivity contribution in [3.63, 3.8) is 0 Å². The molecule has 0 fully saturated rings. The second-order valence-corrected chi connectivity index (χ2v) is 9.03. The fourth-order valence-corrected chi connectivity index (χ4v) is 4.52.